The maximum absolute atomic E-state index is 12.7. The molecule has 27 heavy (non-hydrogen) atoms. The quantitative estimate of drug-likeness (QED) is 0.796. The number of likely N-dealkylation sites (tertiary alicyclic amines) is 1. The van der Waals surface area contributed by atoms with Crippen molar-refractivity contribution >= 4 is 11.8 Å². The molecule has 152 valence electrons. The molecule has 3 saturated heterocycles. The van der Waals surface area contributed by atoms with Crippen molar-refractivity contribution in [1.29, 1.82) is 0 Å². The molecule has 0 bridgehead atoms. The number of carbonyl (C=O) groups is 2. The van der Waals surface area contributed by atoms with Crippen LogP contribution in [0.5, 0.6) is 0 Å². The number of nitrogens with zero attached hydrogens (tertiary/aromatic N) is 1. The summed E-state index contributed by atoms with van der Waals surface area (Å²) in [5.41, 5.74) is -0.0458. The molecule has 1 aliphatic carbocycles. The third-order valence-electron chi connectivity index (χ3n) is 6.95. The number of nitrogens with one attached hydrogen (secondary N) is 1. The van der Waals surface area contributed by atoms with Gasteiger partial charge in [0.15, 0.2) is 0 Å². The molecule has 0 radical (unpaired) electrons. The van der Waals surface area contributed by atoms with Gasteiger partial charge in [-0.05, 0) is 63.7 Å². The molecule has 3 heterocycles. The largest absolute Gasteiger partial charge is 0.381 e. The molecule has 0 aromatic rings. The first-order valence-corrected chi connectivity index (χ1v) is 10.9. The van der Waals surface area contributed by atoms with Crippen molar-refractivity contribution < 1.29 is 19.1 Å². The molecule has 0 aromatic heterocycles. The first-order chi connectivity index (χ1) is 13.2. The van der Waals surface area contributed by atoms with Crippen LogP contribution in [0.1, 0.15) is 57.8 Å². The van der Waals surface area contributed by atoms with Crippen LogP contribution in [0.15, 0.2) is 0 Å². The molecule has 4 aliphatic rings. The van der Waals surface area contributed by atoms with Crippen molar-refractivity contribution in [3.63, 3.8) is 0 Å². The van der Waals surface area contributed by atoms with Crippen LogP contribution in [-0.4, -0.2) is 61.8 Å². The number of hydrogen-bond donors (Lipinski definition) is 1. The monoisotopic (exact) mass is 378 g/mol. The Morgan fingerprint density at radius 1 is 0.963 bits per heavy atom. The van der Waals surface area contributed by atoms with Gasteiger partial charge in [-0.3, -0.25) is 9.59 Å². The Morgan fingerprint density at radius 3 is 2.41 bits per heavy atom. The van der Waals surface area contributed by atoms with Gasteiger partial charge in [0, 0.05) is 51.3 Å². The molecule has 6 heteroatoms. The van der Waals surface area contributed by atoms with Crippen LogP contribution in [0.25, 0.3) is 0 Å². The smallest absolute Gasteiger partial charge is 0.225 e. The Hall–Kier alpha value is -1.14. The molecular weight excluding hydrogens is 344 g/mol. The van der Waals surface area contributed by atoms with E-state index in [0.29, 0.717) is 17.7 Å². The Bertz CT molecular complexity index is 534. The lowest BCUT2D eigenvalue weighted by Gasteiger charge is -2.47. The van der Waals surface area contributed by atoms with Crippen LogP contribution in [-0.2, 0) is 19.1 Å². The Balaban J connectivity index is 1.22. The third-order valence-corrected chi connectivity index (χ3v) is 6.95. The second-order valence-electron chi connectivity index (χ2n) is 8.96. The van der Waals surface area contributed by atoms with E-state index in [4.69, 9.17) is 9.47 Å². The summed E-state index contributed by atoms with van der Waals surface area (Å²) >= 11 is 0. The number of piperidine rings is 1. The standard InChI is InChI=1S/C21H34N2O4/c24-19(17-1-2-17)22-9-3-16-4-14-27-21(15-16)7-10-23(11-8-21)20(25)18-5-12-26-13-6-18/h16-18H,1-15H2,(H,22,24). The maximum atomic E-state index is 12.7. The Labute approximate surface area is 162 Å². The number of hydrogen-bond acceptors (Lipinski definition) is 4. The minimum atomic E-state index is -0.0458. The van der Waals surface area contributed by atoms with Gasteiger partial charge >= 0.3 is 0 Å². The number of amides is 2. The number of rotatable bonds is 5. The van der Waals surface area contributed by atoms with E-state index in [1.54, 1.807) is 0 Å². The summed E-state index contributed by atoms with van der Waals surface area (Å²) in [5.74, 6) is 1.64. The van der Waals surface area contributed by atoms with Crippen LogP contribution >= 0.6 is 0 Å². The van der Waals surface area contributed by atoms with E-state index in [-0.39, 0.29) is 17.4 Å². The molecule has 3 aliphatic heterocycles. The van der Waals surface area contributed by atoms with Gasteiger partial charge in [0.1, 0.15) is 0 Å². The van der Waals surface area contributed by atoms with E-state index in [1.165, 1.54) is 0 Å². The summed E-state index contributed by atoms with van der Waals surface area (Å²) in [6, 6.07) is 0. The highest BCUT2D eigenvalue weighted by Gasteiger charge is 2.42. The lowest BCUT2D eigenvalue weighted by atomic mass is 9.78. The predicted molar refractivity (Wildman–Crippen MR) is 101 cm³/mol. The minimum absolute atomic E-state index is 0.0458. The lowest BCUT2D eigenvalue weighted by Crippen LogP contribution is -2.52. The van der Waals surface area contributed by atoms with Gasteiger partial charge in [-0.1, -0.05) is 0 Å². The highest BCUT2D eigenvalue weighted by molar-refractivity contribution is 5.80. The van der Waals surface area contributed by atoms with Crippen molar-refractivity contribution in [2.24, 2.45) is 17.8 Å². The molecule has 1 saturated carbocycles. The summed E-state index contributed by atoms with van der Waals surface area (Å²) in [7, 11) is 0. The summed E-state index contributed by atoms with van der Waals surface area (Å²) in [4.78, 5) is 26.6. The summed E-state index contributed by atoms with van der Waals surface area (Å²) in [6.07, 6.45) is 8.98. The van der Waals surface area contributed by atoms with Gasteiger partial charge in [-0.25, -0.2) is 0 Å². The fraction of sp³-hybridized carbons (Fsp3) is 0.905. The molecule has 4 rings (SSSR count). The fourth-order valence-electron chi connectivity index (χ4n) is 4.95. The van der Waals surface area contributed by atoms with Crippen LogP contribution in [0.2, 0.25) is 0 Å². The second-order valence-corrected chi connectivity index (χ2v) is 8.96. The number of carbonyl (C=O) groups excluding carboxylic acids is 2. The van der Waals surface area contributed by atoms with Crippen molar-refractivity contribution in [2.45, 2.75) is 63.4 Å². The van der Waals surface area contributed by atoms with Crippen molar-refractivity contribution in [3.8, 4) is 0 Å². The lowest BCUT2D eigenvalue weighted by molar-refractivity contribution is -0.152. The SMILES string of the molecule is O=C(NCCC1CCOC2(CCN(C(=O)C3CCOCC3)CC2)C1)C1CC1. The van der Waals surface area contributed by atoms with E-state index in [2.05, 4.69) is 10.2 Å². The predicted octanol–water partition coefficient (Wildman–Crippen LogP) is 2.12. The van der Waals surface area contributed by atoms with Crippen LogP contribution in [0, 0.1) is 17.8 Å². The van der Waals surface area contributed by atoms with Crippen LogP contribution in [0.3, 0.4) is 0 Å². The minimum Gasteiger partial charge on any atom is -0.381 e. The van der Waals surface area contributed by atoms with Crippen molar-refractivity contribution in [3.05, 3.63) is 0 Å². The summed E-state index contributed by atoms with van der Waals surface area (Å²) in [5, 5.41) is 3.10. The topological polar surface area (TPSA) is 67.9 Å². The van der Waals surface area contributed by atoms with Gasteiger partial charge in [0.2, 0.25) is 11.8 Å². The molecule has 1 atom stereocenters. The van der Waals surface area contributed by atoms with Crippen molar-refractivity contribution in [2.75, 3.05) is 39.5 Å². The molecule has 1 spiro atoms. The third kappa shape index (κ3) is 4.83. The zero-order valence-electron chi connectivity index (χ0n) is 16.4. The zero-order valence-corrected chi connectivity index (χ0v) is 16.4. The van der Waals surface area contributed by atoms with E-state index in [1.807, 2.05) is 0 Å². The van der Waals surface area contributed by atoms with E-state index < -0.39 is 0 Å². The molecule has 4 fully saturated rings. The molecule has 2 amide bonds. The highest BCUT2D eigenvalue weighted by atomic mass is 16.5. The summed E-state index contributed by atoms with van der Waals surface area (Å²) < 4.78 is 11.6. The van der Waals surface area contributed by atoms with E-state index in [0.717, 1.165) is 97.2 Å². The van der Waals surface area contributed by atoms with E-state index >= 15 is 0 Å². The van der Waals surface area contributed by atoms with E-state index in [9.17, 15) is 9.59 Å². The van der Waals surface area contributed by atoms with Crippen LogP contribution in [0.4, 0.5) is 0 Å². The normalized spacial score (nSPS) is 28.9. The Kier molecular flexibility index (Phi) is 6.02. The van der Waals surface area contributed by atoms with Gasteiger partial charge < -0.3 is 19.7 Å². The first-order valence-electron chi connectivity index (χ1n) is 10.9. The van der Waals surface area contributed by atoms with Gasteiger partial charge in [-0.2, -0.15) is 0 Å². The average Bonchev–Trinajstić information content (AvgIpc) is 3.54. The molecule has 0 aromatic carbocycles. The van der Waals surface area contributed by atoms with Gasteiger partial charge in [0.05, 0.1) is 5.60 Å². The van der Waals surface area contributed by atoms with Crippen molar-refractivity contribution in [1.82, 2.24) is 10.2 Å². The second kappa shape index (κ2) is 8.48. The maximum Gasteiger partial charge on any atom is 0.225 e. The molecule has 1 unspecified atom stereocenters. The Morgan fingerprint density at radius 2 is 1.70 bits per heavy atom. The van der Waals surface area contributed by atoms with Gasteiger partial charge in [0.25, 0.3) is 0 Å². The highest BCUT2D eigenvalue weighted by Crippen LogP contribution is 2.39. The number of ether oxygens (including phenoxy) is 2. The summed E-state index contributed by atoms with van der Waals surface area (Å²) in [6.45, 7) is 4.69. The average molecular weight is 379 g/mol. The molecule has 1 N–H and O–H groups in total. The zero-order chi connectivity index (χ0) is 18.7. The molecule has 6 nitrogen and oxygen atoms in total. The first kappa shape index (κ1) is 19.2. The fourth-order valence-corrected chi connectivity index (χ4v) is 4.95. The van der Waals surface area contributed by atoms with Crippen LogP contribution < -0.4 is 5.32 Å². The molecular formula is C21H34N2O4. The van der Waals surface area contributed by atoms with Gasteiger partial charge in [-0.15, -0.1) is 0 Å².